The lowest BCUT2D eigenvalue weighted by Gasteiger charge is -2.11. The summed E-state index contributed by atoms with van der Waals surface area (Å²) in [5, 5.41) is 24.3. The van der Waals surface area contributed by atoms with Gasteiger partial charge in [0.2, 0.25) is 0 Å². The predicted molar refractivity (Wildman–Crippen MR) is 166 cm³/mol. The summed E-state index contributed by atoms with van der Waals surface area (Å²) in [6.45, 7) is 0. The highest BCUT2D eigenvalue weighted by atomic mass is 16.6. The Morgan fingerprint density at radius 2 is 0.860 bits per heavy atom. The summed E-state index contributed by atoms with van der Waals surface area (Å²) in [4.78, 5) is 35.4. The smallest absolute Gasteiger partial charge is 0.269 e. The van der Waals surface area contributed by atoms with E-state index in [2.05, 4.69) is 4.98 Å². The third-order valence-electron chi connectivity index (χ3n) is 7.53. The number of nitrogens with zero attached hydrogens (tertiary/aromatic N) is 4. The molecule has 0 aliphatic heterocycles. The van der Waals surface area contributed by atoms with Gasteiger partial charge in [-0.15, -0.1) is 0 Å². The summed E-state index contributed by atoms with van der Waals surface area (Å²) >= 11 is 0. The zero-order valence-electron chi connectivity index (χ0n) is 22.5. The molecule has 0 aliphatic carbocycles. The molecule has 206 valence electrons. The number of fused-ring (bicyclic) bond motifs is 3. The van der Waals surface area contributed by atoms with Crippen LogP contribution in [-0.2, 0) is 0 Å². The number of nitrogens with one attached hydrogen (secondary N) is 1. The molecule has 0 unspecified atom stereocenters. The fourth-order valence-corrected chi connectivity index (χ4v) is 5.49. The summed E-state index contributed by atoms with van der Waals surface area (Å²) in [5.41, 5.74) is 8.00. The molecule has 9 heteroatoms. The van der Waals surface area contributed by atoms with Gasteiger partial charge in [-0.05, 0) is 35.4 Å². The van der Waals surface area contributed by atoms with Crippen LogP contribution < -0.4 is 0 Å². The highest BCUT2D eigenvalue weighted by Crippen LogP contribution is 2.44. The number of pyridine rings is 2. The van der Waals surface area contributed by atoms with E-state index in [-0.39, 0.29) is 11.4 Å². The number of hydrogen-bond acceptors (Lipinski definition) is 6. The summed E-state index contributed by atoms with van der Waals surface area (Å²) in [6, 6.07) is 32.5. The van der Waals surface area contributed by atoms with Gasteiger partial charge >= 0.3 is 0 Å². The number of aromatic amines is 1. The average Bonchev–Trinajstić information content (AvgIpc) is 3.46. The van der Waals surface area contributed by atoms with Crippen molar-refractivity contribution in [2.24, 2.45) is 0 Å². The minimum Gasteiger partial charge on any atom is -0.353 e. The number of H-pyrrole nitrogens is 1. The molecule has 43 heavy (non-hydrogen) atoms. The molecule has 4 aromatic carbocycles. The second kappa shape index (κ2) is 10.3. The minimum atomic E-state index is -0.431. The van der Waals surface area contributed by atoms with Gasteiger partial charge in [0.25, 0.3) is 11.4 Å². The maximum Gasteiger partial charge on any atom is 0.269 e. The molecule has 9 nitrogen and oxygen atoms in total. The van der Waals surface area contributed by atoms with Crippen molar-refractivity contribution in [2.75, 3.05) is 0 Å². The van der Waals surface area contributed by atoms with E-state index in [1.54, 1.807) is 24.3 Å². The van der Waals surface area contributed by atoms with E-state index >= 15 is 0 Å². The van der Waals surface area contributed by atoms with Crippen LogP contribution in [0.25, 0.3) is 66.6 Å². The van der Waals surface area contributed by atoms with E-state index < -0.39 is 9.85 Å². The molecule has 0 fully saturated rings. The Bertz CT molecular complexity index is 2000. The molecule has 0 radical (unpaired) electrons. The molecule has 0 aliphatic rings. The van der Waals surface area contributed by atoms with Crippen molar-refractivity contribution in [2.45, 2.75) is 0 Å². The summed E-state index contributed by atoms with van der Waals surface area (Å²) < 4.78 is 0. The SMILES string of the molecule is O=[N+]([O-])c1ccc(-c2ncc(-c3ccccc3)c3[nH]c4c(-c5ccccc5)cnc(-c5ccc([N+](=O)[O-])cc5)c4c23)cc1. The van der Waals surface area contributed by atoms with Crippen molar-refractivity contribution < 1.29 is 9.85 Å². The molecule has 0 atom stereocenters. The fourth-order valence-electron chi connectivity index (χ4n) is 5.49. The van der Waals surface area contributed by atoms with Crippen molar-refractivity contribution in [3.8, 4) is 44.8 Å². The molecule has 0 bridgehead atoms. The lowest BCUT2D eigenvalue weighted by molar-refractivity contribution is -0.385. The molecule has 0 saturated carbocycles. The Morgan fingerprint density at radius 3 is 1.21 bits per heavy atom. The average molecular weight is 564 g/mol. The van der Waals surface area contributed by atoms with E-state index in [9.17, 15) is 20.2 Å². The molecule has 1 N–H and O–H groups in total. The first-order valence-corrected chi connectivity index (χ1v) is 13.4. The number of aromatic nitrogens is 3. The van der Waals surface area contributed by atoms with Gasteiger partial charge in [0.05, 0.1) is 32.3 Å². The van der Waals surface area contributed by atoms with Crippen molar-refractivity contribution in [3.05, 3.63) is 142 Å². The zero-order chi connectivity index (χ0) is 29.5. The van der Waals surface area contributed by atoms with Gasteiger partial charge in [-0.2, -0.15) is 0 Å². The van der Waals surface area contributed by atoms with Crippen molar-refractivity contribution >= 4 is 33.2 Å². The third kappa shape index (κ3) is 4.45. The Labute approximate surface area is 244 Å². The fraction of sp³-hybridized carbons (Fsp3) is 0. The first-order chi connectivity index (χ1) is 21.0. The van der Waals surface area contributed by atoms with Crippen LogP contribution in [0.15, 0.2) is 122 Å². The van der Waals surface area contributed by atoms with Crippen LogP contribution in [0.2, 0.25) is 0 Å². The van der Waals surface area contributed by atoms with E-state index in [4.69, 9.17) is 9.97 Å². The highest BCUT2D eigenvalue weighted by Gasteiger charge is 2.23. The number of nitro benzene ring substituents is 2. The first-order valence-electron chi connectivity index (χ1n) is 13.4. The number of rotatable bonds is 6. The summed E-state index contributed by atoms with van der Waals surface area (Å²) in [6.07, 6.45) is 3.62. The van der Waals surface area contributed by atoms with E-state index in [0.29, 0.717) is 22.5 Å². The van der Waals surface area contributed by atoms with Crippen LogP contribution in [0, 0.1) is 20.2 Å². The molecule has 7 rings (SSSR count). The Hall–Kier alpha value is -6.22. The predicted octanol–water partition coefficient (Wildman–Crippen LogP) is 8.60. The van der Waals surface area contributed by atoms with Gasteiger partial charge < -0.3 is 4.98 Å². The van der Waals surface area contributed by atoms with Gasteiger partial charge in [-0.25, -0.2) is 0 Å². The van der Waals surface area contributed by atoms with Crippen LogP contribution in [0.3, 0.4) is 0 Å². The van der Waals surface area contributed by atoms with Crippen molar-refractivity contribution in [3.63, 3.8) is 0 Å². The zero-order valence-corrected chi connectivity index (χ0v) is 22.5. The number of non-ortho nitro benzene ring substituents is 2. The Balaban J connectivity index is 1.62. The molecule has 3 aromatic heterocycles. The van der Waals surface area contributed by atoms with Crippen LogP contribution in [0.5, 0.6) is 0 Å². The maximum atomic E-state index is 11.4. The first kappa shape index (κ1) is 25.7. The molecule has 0 amide bonds. The second-order valence-electron chi connectivity index (χ2n) is 10.0. The Kier molecular flexibility index (Phi) is 6.17. The molecule has 0 saturated heterocycles. The monoisotopic (exact) mass is 563 g/mol. The van der Waals surface area contributed by atoms with Gasteiger partial charge in [-0.3, -0.25) is 30.2 Å². The van der Waals surface area contributed by atoms with Crippen molar-refractivity contribution in [1.82, 2.24) is 15.0 Å². The van der Waals surface area contributed by atoms with Gasteiger partial charge in [-0.1, -0.05) is 60.7 Å². The van der Waals surface area contributed by atoms with E-state index in [1.807, 2.05) is 73.1 Å². The quantitative estimate of drug-likeness (QED) is 0.159. The minimum absolute atomic E-state index is 0.0144. The van der Waals surface area contributed by atoms with Crippen LogP contribution >= 0.6 is 0 Å². The summed E-state index contributed by atoms with van der Waals surface area (Å²) in [5.74, 6) is 0. The molecule has 3 heterocycles. The van der Waals surface area contributed by atoms with Crippen LogP contribution in [-0.4, -0.2) is 24.8 Å². The second-order valence-corrected chi connectivity index (χ2v) is 10.0. The van der Waals surface area contributed by atoms with Crippen molar-refractivity contribution in [1.29, 1.82) is 0 Å². The standard InChI is InChI=1S/C34H21N5O4/c40-38(41)25-15-11-23(12-16-25)31-29-30-32(24-13-17-26(18-14-24)39(42)43)36-20-28(22-9-5-2-6-10-22)34(30)37-33(29)27(19-35-31)21-7-3-1-4-8-21/h1-20,37H. The molecular weight excluding hydrogens is 542 g/mol. The molecule has 7 aromatic rings. The molecular formula is C34H21N5O4. The highest BCUT2D eigenvalue weighted by molar-refractivity contribution is 6.23. The van der Waals surface area contributed by atoms with Crippen LogP contribution in [0.4, 0.5) is 11.4 Å². The van der Waals surface area contributed by atoms with Gasteiger partial charge in [0, 0.05) is 69.7 Å². The Morgan fingerprint density at radius 1 is 0.488 bits per heavy atom. The van der Waals surface area contributed by atoms with Gasteiger partial charge in [0.1, 0.15) is 0 Å². The maximum absolute atomic E-state index is 11.4. The largest absolute Gasteiger partial charge is 0.353 e. The lowest BCUT2D eigenvalue weighted by atomic mass is 9.96. The van der Waals surface area contributed by atoms with Gasteiger partial charge in [0.15, 0.2) is 0 Å². The molecule has 0 spiro atoms. The van der Waals surface area contributed by atoms with E-state index in [1.165, 1.54) is 24.3 Å². The third-order valence-corrected chi connectivity index (χ3v) is 7.53. The number of nitro groups is 2. The summed E-state index contributed by atoms with van der Waals surface area (Å²) in [7, 11) is 0. The van der Waals surface area contributed by atoms with E-state index in [0.717, 1.165) is 44.1 Å². The normalized spacial score (nSPS) is 11.2. The topological polar surface area (TPSA) is 128 Å². The van der Waals surface area contributed by atoms with Crippen LogP contribution in [0.1, 0.15) is 0 Å². The lowest BCUT2D eigenvalue weighted by Crippen LogP contribution is -1.92. The number of hydrogen-bond donors (Lipinski definition) is 1. The number of benzene rings is 4.